The van der Waals surface area contributed by atoms with Crippen LogP contribution in [-0.4, -0.2) is 0 Å². The van der Waals surface area contributed by atoms with Crippen LogP contribution in [0, 0.1) is 17.6 Å². The number of allylic oxidation sites excluding steroid dienone is 1. The van der Waals surface area contributed by atoms with Gasteiger partial charge in [0, 0.05) is 5.56 Å². The van der Waals surface area contributed by atoms with Gasteiger partial charge >= 0.3 is 0 Å². The Labute approximate surface area is 154 Å². The standard InChI is InChI=1S/C23H26F2O/c1-3-15-26-21-14-13-20(22(24)23(21)25)19-11-9-18(10-12-19)17-7-5-16(4-2)6-8-17/h3,9-17H,4-8H2,1-2H3/b15-3-. The summed E-state index contributed by atoms with van der Waals surface area (Å²) in [5.41, 5.74) is 2.25. The van der Waals surface area contributed by atoms with Crippen molar-refractivity contribution in [3.63, 3.8) is 0 Å². The number of rotatable bonds is 5. The van der Waals surface area contributed by atoms with Crippen molar-refractivity contribution in [1.82, 2.24) is 0 Å². The second kappa shape index (κ2) is 8.48. The molecule has 0 heterocycles. The molecule has 0 spiro atoms. The molecule has 0 aromatic heterocycles. The average molecular weight is 356 g/mol. The van der Waals surface area contributed by atoms with E-state index in [1.165, 1.54) is 50.0 Å². The Morgan fingerprint density at radius 3 is 2.27 bits per heavy atom. The summed E-state index contributed by atoms with van der Waals surface area (Å²) < 4.78 is 33.7. The van der Waals surface area contributed by atoms with E-state index in [0.717, 1.165) is 5.92 Å². The predicted octanol–water partition coefficient (Wildman–Crippen LogP) is 7.23. The molecule has 0 N–H and O–H groups in total. The van der Waals surface area contributed by atoms with Crippen molar-refractivity contribution in [3.8, 4) is 16.9 Å². The van der Waals surface area contributed by atoms with E-state index in [4.69, 9.17) is 4.74 Å². The topological polar surface area (TPSA) is 9.23 Å². The normalized spacial score (nSPS) is 20.5. The quantitative estimate of drug-likeness (QED) is 0.514. The smallest absolute Gasteiger partial charge is 0.201 e. The van der Waals surface area contributed by atoms with E-state index in [9.17, 15) is 8.78 Å². The molecule has 0 radical (unpaired) electrons. The van der Waals surface area contributed by atoms with Crippen LogP contribution in [0.4, 0.5) is 8.78 Å². The largest absolute Gasteiger partial charge is 0.462 e. The Hall–Kier alpha value is -2.16. The number of halogens is 2. The Morgan fingerprint density at radius 2 is 1.65 bits per heavy atom. The van der Waals surface area contributed by atoms with E-state index in [2.05, 4.69) is 19.1 Å². The van der Waals surface area contributed by atoms with Crippen LogP contribution in [-0.2, 0) is 0 Å². The molecule has 1 nitrogen and oxygen atoms in total. The summed E-state index contributed by atoms with van der Waals surface area (Å²) in [7, 11) is 0. The van der Waals surface area contributed by atoms with Crippen LogP contribution in [0.2, 0.25) is 0 Å². The number of hydrogen-bond donors (Lipinski definition) is 0. The molecular weight excluding hydrogens is 330 g/mol. The zero-order chi connectivity index (χ0) is 18.5. The average Bonchev–Trinajstić information content (AvgIpc) is 2.69. The summed E-state index contributed by atoms with van der Waals surface area (Å²) in [6.07, 6.45) is 9.24. The van der Waals surface area contributed by atoms with Gasteiger partial charge in [-0.25, -0.2) is 4.39 Å². The highest BCUT2D eigenvalue weighted by Gasteiger charge is 2.21. The molecule has 0 unspecified atom stereocenters. The molecule has 0 saturated heterocycles. The van der Waals surface area contributed by atoms with Crippen molar-refractivity contribution < 1.29 is 13.5 Å². The van der Waals surface area contributed by atoms with Crippen LogP contribution in [0.15, 0.2) is 48.7 Å². The van der Waals surface area contributed by atoms with Crippen LogP contribution in [0.3, 0.4) is 0 Å². The number of hydrogen-bond acceptors (Lipinski definition) is 1. The van der Waals surface area contributed by atoms with Crippen LogP contribution in [0.5, 0.6) is 5.75 Å². The highest BCUT2D eigenvalue weighted by molar-refractivity contribution is 5.65. The first kappa shape index (κ1) is 18.6. The van der Waals surface area contributed by atoms with Gasteiger partial charge in [0.05, 0.1) is 6.26 Å². The van der Waals surface area contributed by atoms with Crippen molar-refractivity contribution >= 4 is 0 Å². The Kier molecular flexibility index (Phi) is 6.08. The second-order valence-electron chi connectivity index (χ2n) is 7.07. The molecule has 1 fully saturated rings. The lowest BCUT2D eigenvalue weighted by Gasteiger charge is -2.28. The maximum absolute atomic E-state index is 14.4. The maximum atomic E-state index is 14.4. The first-order valence-corrected chi connectivity index (χ1v) is 9.50. The van der Waals surface area contributed by atoms with Crippen molar-refractivity contribution in [2.24, 2.45) is 5.92 Å². The van der Waals surface area contributed by atoms with E-state index < -0.39 is 11.6 Å². The van der Waals surface area contributed by atoms with E-state index in [0.29, 0.717) is 11.5 Å². The molecule has 1 aliphatic rings. The fourth-order valence-corrected chi connectivity index (χ4v) is 3.83. The molecule has 0 amide bonds. The van der Waals surface area contributed by atoms with Gasteiger partial charge in [0.1, 0.15) is 0 Å². The molecule has 2 aromatic carbocycles. The van der Waals surface area contributed by atoms with Crippen LogP contribution in [0.25, 0.3) is 11.1 Å². The van der Waals surface area contributed by atoms with Gasteiger partial charge in [-0.1, -0.05) is 43.7 Å². The summed E-state index contributed by atoms with van der Waals surface area (Å²) in [6.45, 7) is 4.02. The minimum atomic E-state index is -0.956. The fraction of sp³-hybridized carbons (Fsp3) is 0.391. The lowest BCUT2D eigenvalue weighted by Crippen LogP contribution is -2.12. The molecule has 3 heteroatoms. The maximum Gasteiger partial charge on any atom is 0.201 e. The molecule has 0 aliphatic heterocycles. The van der Waals surface area contributed by atoms with E-state index in [1.54, 1.807) is 19.1 Å². The van der Waals surface area contributed by atoms with Gasteiger partial charge in [0.25, 0.3) is 0 Å². The van der Waals surface area contributed by atoms with Crippen LogP contribution < -0.4 is 4.74 Å². The van der Waals surface area contributed by atoms with Gasteiger partial charge < -0.3 is 4.74 Å². The van der Waals surface area contributed by atoms with Crippen molar-refractivity contribution in [1.29, 1.82) is 0 Å². The number of ether oxygens (including phenoxy) is 1. The third kappa shape index (κ3) is 3.98. The predicted molar refractivity (Wildman–Crippen MR) is 102 cm³/mol. The Morgan fingerprint density at radius 1 is 0.962 bits per heavy atom. The molecular formula is C23H26F2O. The van der Waals surface area contributed by atoms with E-state index in [-0.39, 0.29) is 11.3 Å². The van der Waals surface area contributed by atoms with Crippen molar-refractivity contribution in [3.05, 3.63) is 65.9 Å². The first-order valence-electron chi connectivity index (χ1n) is 9.50. The molecule has 0 atom stereocenters. The zero-order valence-corrected chi connectivity index (χ0v) is 15.5. The molecule has 2 aromatic rings. The van der Waals surface area contributed by atoms with Gasteiger partial charge in [0.2, 0.25) is 5.82 Å². The van der Waals surface area contributed by atoms with Gasteiger partial charge in [0.15, 0.2) is 11.6 Å². The van der Waals surface area contributed by atoms with Gasteiger partial charge in [-0.2, -0.15) is 4.39 Å². The fourth-order valence-electron chi connectivity index (χ4n) is 3.83. The molecule has 138 valence electrons. The summed E-state index contributed by atoms with van der Waals surface area (Å²) in [5, 5.41) is 0. The minimum absolute atomic E-state index is 0.103. The lowest BCUT2D eigenvalue weighted by atomic mass is 9.77. The number of benzene rings is 2. The summed E-state index contributed by atoms with van der Waals surface area (Å²) in [5.74, 6) is -0.477. The van der Waals surface area contributed by atoms with Gasteiger partial charge in [-0.15, -0.1) is 0 Å². The first-order chi connectivity index (χ1) is 12.6. The molecule has 3 rings (SSSR count). The van der Waals surface area contributed by atoms with Crippen LogP contribution >= 0.6 is 0 Å². The highest BCUT2D eigenvalue weighted by atomic mass is 19.2. The molecule has 26 heavy (non-hydrogen) atoms. The van der Waals surface area contributed by atoms with E-state index >= 15 is 0 Å². The summed E-state index contributed by atoms with van der Waals surface area (Å²) >= 11 is 0. The van der Waals surface area contributed by atoms with Crippen molar-refractivity contribution in [2.75, 3.05) is 0 Å². The van der Waals surface area contributed by atoms with Crippen molar-refractivity contribution in [2.45, 2.75) is 51.9 Å². The molecule has 1 saturated carbocycles. The Bertz CT molecular complexity index is 757. The third-order valence-corrected chi connectivity index (χ3v) is 5.50. The zero-order valence-electron chi connectivity index (χ0n) is 15.5. The molecule has 0 bridgehead atoms. The van der Waals surface area contributed by atoms with Gasteiger partial charge in [-0.05, 0) is 67.7 Å². The summed E-state index contributed by atoms with van der Waals surface area (Å²) in [6, 6.07) is 10.9. The SMILES string of the molecule is C/C=C\Oc1ccc(-c2ccc(C3CCC(CC)CC3)cc2)c(F)c1F. The second-order valence-corrected chi connectivity index (χ2v) is 7.07. The van der Waals surface area contributed by atoms with Gasteiger partial charge in [-0.3, -0.25) is 0 Å². The van der Waals surface area contributed by atoms with E-state index in [1.807, 2.05) is 12.1 Å². The van der Waals surface area contributed by atoms with Crippen LogP contribution in [0.1, 0.15) is 57.4 Å². The highest BCUT2D eigenvalue weighted by Crippen LogP contribution is 2.38. The minimum Gasteiger partial charge on any atom is -0.462 e. The monoisotopic (exact) mass is 356 g/mol. The Balaban J connectivity index is 1.77. The lowest BCUT2D eigenvalue weighted by molar-refractivity contribution is 0.319. The third-order valence-electron chi connectivity index (χ3n) is 5.50. The summed E-state index contributed by atoms with van der Waals surface area (Å²) in [4.78, 5) is 0. The molecule has 1 aliphatic carbocycles.